The average molecular weight is 251 g/mol. The molecule has 0 saturated carbocycles. The van der Waals surface area contributed by atoms with E-state index in [2.05, 4.69) is 5.32 Å². The summed E-state index contributed by atoms with van der Waals surface area (Å²) in [6.45, 7) is 4.36. The Morgan fingerprint density at radius 2 is 1.59 bits per heavy atom. The van der Waals surface area contributed by atoms with E-state index in [4.69, 9.17) is 18.9 Å². The second-order valence-electron chi connectivity index (χ2n) is 3.53. The van der Waals surface area contributed by atoms with Gasteiger partial charge in [0.05, 0.1) is 45.7 Å². The summed E-state index contributed by atoms with van der Waals surface area (Å²) < 4.78 is 20.1. The number of hydrogen-bond donors (Lipinski definition) is 2. The fourth-order valence-corrected chi connectivity index (χ4v) is 1.08. The quantitative estimate of drug-likeness (QED) is 0.420. The third-order valence-electron chi connectivity index (χ3n) is 1.98. The van der Waals surface area contributed by atoms with Crippen molar-refractivity contribution in [2.75, 3.05) is 67.0 Å². The van der Waals surface area contributed by atoms with Gasteiger partial charge in [-0.2, -0.15) is 0 Å². The van der Waals surface area contributed by atoms with Gasteiger partial charge < -0.3 is 29.4 Å². The molecule has 0 spiro atoms. The molecule has 0 aromatic heterocycles. The van der Waals surface area contributed by atoms with Crippen LogP contribution in [0.1, 0.15) is 0 Å². The molecule has 6 heteroatoms. The zero-order valence-electron chi connectivity index (χ0n) is 10.8. The summed E-state index contributed by atoms with van der Waals surface area (Å²) in [6.07, 6.45) is -0.495. The van der Waals surface area contributed by atoms with Crippen LogP contribution in [0.25, 0.3) is 0 Å². The summed E-state index contributed by atoms with van der Waals surface area (Å²) in [4.78, 5) is 0. The van der Waals surface area contributed by atoms with E-state index in [-0.39, 0.29) is 0 Å². The molecule has 0 aliphatic carbocycles. The summed E-state index contributed by atoms with van der Waals surface area (Å²) in [7, 11) is 3.28. The number of rotatable bonds is 13. The molecule has 0 amide bonds. The molecule has 1 unspecified atom stereocenters. The molecule has 0 fully saturated rings. The lowest BCUT2D eigenvalue weighted by molar-refractivity contribution is -0.00506. The van der Waals surface area contributed by atoms with Gasteiger partial charge in [0.25, 0.3) is 0 Å². The van der Waals surface area contributed by atoms with Crippen LogP contribution in [0.3, 0.4) is 0 Å². The van der Waals surface area contributed by atoms with Gasteiger partial charge in [-0.25, -0.2) is 0 Å². The van der Waals surface area contributed by atoms with Crippen molar-refractivity contribution in [2.24, 2.45) is 0 Å². The van der Waals surface area contributed by atoms with Crippen molar-refractivity contribution < 1.29 is 24.1 Å². The van der Waals surface area contributed by atoms with Gasteiger partial charge in [0.15, 0.2) is 0 Å². The Morgan fingerprint density at radius 1 is 0.941 bits per heavy atom. The molecule has 17 heavy (non-hydrogen) atoms. The van der Waals surface area contributed by atoms with Crippen molar-refractivity contribution >= 4 is 0 Å². The van der Waals surface area contributed by atoms with E-state index in [9.17, 15) is 5.11 Å². The molecule has 0 radical (unpaired) electrons. The molecule has 0 heterocycles. The van der Waals surface area contributed by atoms with Crippen LogP contribution >= 0.6 is 0 Å². The fraction of sp³-hybridized carbons (Fsp3) is 1.00. The minimum absolute atomic E-state index is 0.313. The Hall–Kier alpha value is -0.240. The molecule has 2 N–H and O–H groups in total. The maximum Gasteiger partial charge on any atom is 0.0897 e. The largest absolute Gasteiger partial charge is 0.389 e. The van der Waals surface area contributed by atoms with E-state index in [1.807, 2.05) is 0 Å². The molecule has 0 rings (SSSR count). The first kappa shape index (κ1) is 16.8. The van der Waals surface area contributed by atoms with Crippen molar-refractivity contribution in [3.8, 4) is 0 Å². The summed E-state index contributed by atoms with van der Waals surface area (Å²) in [5.74, 6) is 0. The zero-order chi connectivity index (χ0) is 12.8. The lowest BCUT2D eigenvalue weighted by Gasteiger charge is -2.12. The van der Waals surface area contributed by atoms with E-state index in [0.717, 1.165) is 6.54 Å². The summed E-state index contributed by atoms with van der Waals surface area (Å²) in [5.41, 5.74) is 0. The third kappa shape index (κ3) is 13.7. The van der Waals surface area contributed by atoms with E-state index >= 15 is 0 Å². The predicted molar refractivity (Wildman–Crippen MR) is 64.3 cm³/mol. The Bertz CT molecular complexity index is 148. The molecule has 1 atom stereocenters. The van der Waals surface area contributed by atoms with E-state index in [1.165, 1.54) is 0 Å². The lowest BCUT2D eigenvalue weighted by Crippen LogP contribution is -2.32. The van der Waals surface area contributed by atoms with Gasteiger partial charge in [-0.15, -0.1) is 0 Å². The maximum absolute atomic E-state index is 9.50. The summed E-state index contributed by atoms with van der Waals surface area (Å²) in [5, 5.41) is 12.6. The molecule has 104 valence electrons. The van der Waals surface area contributed by atoms with E-state index < -0.39 is 6.10 Å². The van der Waals surface area contributed by atoms with Gasteiger partial charge in [-0.05, 0) is 0 Å². The average Bonchev–Trinajstić information content (AvgIpc) is 2.33. The topological polar surface area (TPSA) is 69.2 Å². The monoisotopic (exact) mass is 251 g/mol. The number of hydrogen-bond acceptors (Lipinski definition) is 6. The van der Waals surface area contributed by atoms with Gasteiger partial charge in [-0.1, -0.05) is 0 Å². The van der Waals surface area contributed by atoms with Crippen molar-refractivity contribution in [1.29, 1.82) is 0 Å². The fourth-order valence-electron chi connectivity index (χ4n) is 1.08. The van der Waals surface area contributed by atoms with Crippen LogP contribution in [-0.4, -0.2) is 78.2 Å². The molecule has 0 aromatic rings. The van der Waals surface area contributed by atoms with Crippen LogP contribution in [0.15, 0.2) is 0 Å². The smallest absolute Gasteiger partial charge is 0.0897 e. The van der Waals surface area contributed by atoms with Crippen molar-refractivity contribution in [3.63, 3.8) is 0 Å². The van der Waals surface area contributed by atoms with Gasteiger partial charge in [-0.3, -0.25) is 0 Å². The number of methoxy groups -OCH3 is 2. The standard InChI is InChI=1S/C11H25NO5/c1-14-4-3-12-9-11(13)10-17-8-7-16-6-5-15-2/h11-13H,3-10H2,1-2H3. The number of aliphatic hydroxyl groups excluding tert-OH is 1. The minimum atomic E-state index is -0.495. The molecule has 0 aromatic carbocycles. The van der Waals surface area contributed by atoms with Crippen LogP contribution in [0.4, 0.5) is 0 Å². The van der Waals surface area contributed by atoms with Crippen LogP contribution in [0.5, 0.6) is 0 Å². The molecule has 0 aliphatic heterocycles. The Labute approximate surface area is 103 Å². The first-order valence-electron chi connectivity index (χ1n) is 5.83. The van der Waals surface area contributed by atoms with Crippen LogP contribution in [0, 0.1) is 0 Å². The lowest BCUT2D eigenvalue weighted by atomic mass is 10.4. The van der Waals surface area contributed by atoms with E-state index in [1.54, 1.807) is 14.2 Å². The highest BCUT2D eigenvalue weighted by Crippen LogP contribution is 1.85. The van der Waals surface area contributed by atoms with Crippen LogP contribution in [0.2, 0.25) is 0 Å². The molecule has 6 nitrogen and oxygen atoms in total. The van der Waals surface area contributed by atoms with Crippen molar-refractivity contribution in [1.82, 2.24) is 5.32 Å². The molecule has 0 saturated heterocycles. The predicted octanol–water partition coefficient (Wildman–Crippen LogP) is -0.737. The zero-order valence-corrected chi connectivity index (χ0v) is 10.8. The second-order valence-corrected chi connectivity index (χ2v) is 3.53. The van der Waals surface area contributed by atoms with Gasteiger partial charge in [0, 0.05) is 27.3 Å². The third-order valence-corrected chi connectivity index (χ3v) is 1.98. The van der Waals surface area contributed by atoms with Crippen molar-refractivity contribution in [2.45, 2.75) is 6.10 Å². The van der Waals surface area contributed by atoms with E-state index in [0.29, 0.717) is 46.2 Å². The Balaban J connectivity index is 3.08. The molecular formula is C11H25NO5. The van der Waals surface area contributed by atoms with Crippen LogP contribution in [-0.2, 0) is 18.9 Å². The first-order valence-corrected chi connectivity index (χ1v) is 5.83. The highest BCUT2D eigenvalue weighted by Gasteiger charge is 2.02. The Morgan fingerprint density at radius 3 is 2.29 bits per heavy atom. The van der Waals surface area contributed by atoms with Gasteiger partial charge >= 0.3 is 0 Å². The molecule has 0 bridgehead atoms. The van der Waals surface area contributed by atoms with Gasteiger partial charge in [0.2, 0.25) is 0 Å². The van der Waals surface area contributed by atoms with Crippen LogP contribution < -0.4 is 5.32 Å². The molecular weight excluding hydrogens is 226 g/mol. The number of aliphatic hydroxyl groups is 1. The Kier molecular flexibility index (Phi) is 13.6. The summed E-state index contributed by atoms with van der Waals surface area (Å²) >= 11 is 0. The number of nitrogens with one attached hydrogen (secondary N) is 1. The molecule has 0 aliphatic rings. The van der Waals surface area contributed by atoms with Crippen molar-refractivity contribution in [3.05, 3.63) is 0 Å². The highest BCUT2D eigenvalue weighted by molar-refractivity contribution is 4.57. The first-order chi connectivity index (χ1) is 8.31. The maximum atomic E-state index is 9.50. The number of ether oxygens (including phenoxy) is 4. The second kappa shape index (κ2) is 13.8. The minimum Gasteiger partial charge on any atom is -0.389 e. The highest BCUT2D eigenvalue weighted by atomic mass is 16.5. The van der Waals surface area contributed by atoms with Gasteiger partial charge in [0.1, 0.15) is 0 Å². The summed E-state index contributed by atoms with van der Waals surface area (Å²) in [6, 6.07) is 0. The SMILES string of the molecule is COCCNCC(O)COCCOCCOC. The normalized spacial score (nSPS) is 12.9.